The fraction of sp³-hybridized carbons (Fsp3) is 0.500. The van der Waals surface area contributed by atoms with E-state index in [-0.39, 0.29) is 30.8 Å². The fourth-order valence-electron chi connectivity index (χ4n) is 2.54. The van der Waals surface area contributed by atoms with Gasteiger partial charge >= 0.3 is 6.18 Å². The molecule has 1 aliphatic rings. The van der Waals surface area contributed by atoms with Crippen molar-refractivity contribution in [3.63, 3.8) is 0 Å². The van der Waals surface area contributed by atoms with Crippen molar-refractivity contribution in [1.82, 2.24) is 4.90 Å². The van der Waals surface area contributed by atoms with E-state index in [1.54, 1.807) is 6.07 Å². The van der Waals surface area contributed by atoms with Crippen molar-refractivity contribution in [2.75, 3.05) is 6.54 Å². The van der Waals surface area contributed by atoms with Crippen LogP contribution in [0, 0.1) is 0 Å². The van der Waals surface area contributed by atoms with Gasteiger partial charge in [0.1, 0.15) is 6.04 Å². The molecule has 8 heteroatoms. The minimum atomic E-state index is -4.45. The molecule has 0 spiro atoms. The number of carbonyl (C=O) groups excluding carboxylic acids is 1. The van der Waals surface area contributed by atoms with Crippen LogP contribution in [0.5, 0.6) is 0 Å². The highest BCUT2D eigenvalue weighted by Crippen LogP contribution is 2.32. The van der Waals surface area contributed by atoms with Crippen molar-refractivity contribution in [1.29, 1.82) is 0 Å². The Morgan fingerprint density at radius 1 is 1.27 bits per heavy atom. The van der Waals surface area contributed by atoms with E-state index in [0.29, 0.717) is 10.6 Å². The fourth-order valence-corrected chi connectivity index (χ4v) is 2.86. The van der Waals surface area contributed by atoms with Crippen molar-refractivity contribution in [2.45, 2.75) is 37.5 Å². The van der Waals surface area contributed by atoms with Gasteiger partial charge in [0.25, 0.3) is 0 Å². The zero-order valence-electron chi connectivity index (χ0n) is 11.5. The van der Waals surface area contributed by atoms with Gasteiger partial charge in [-0.2, -0.15) is 13.2 Å². The summed E-state index contributed by atoms with van der Waals surface area (Å²) >= 11 is 11.6. The maximum absolute atomic E-state index is 13.1. The van der Waals surface area contributed by atoms with Crippen LogP contribution in [0.25, 0.3) is 0 Å². The number of piperidine rings is 1. The molecule has 0 aliphatic carbocycles. The van der Waals surface area contributed by atoms with Crippen LogP contribution in [0.2, 0.25) is 10.0 Å². The third-order valence-electron chi connectivity index (χ3n) is 3.66. The first-order valence-corrected chi connectivity index (χ1v) is 7.49. The van der Waals surface area contributed by atoms with Gasteiger partial charge < -0.3 is 10.6 Å². The molecular weight excluding hydrogens is 340 g/mol. The third-order valence-corrected chi connectivity index (χ3v) is 4.39. The van der Waals surface area contributed by atoms with E-state index >= 15 is 0 Å². The number of likely N-dealkylation sites (tertiary alicyclic amines) is 1. The number of alkyl halides is 3. The van der Waals surface area contributed by atoms with Crippen LogP contribution < -0.4 is 5.73 Å². The summed E-state index contributed by atoms with van der Waals surface area (Å²) in [5.74, 6) is -0.615. The number of nitrogens with zero attached hydrogens (tertiary/aromatic N) is 1. The van der Waals surface area contributed by atoms with E-state index in [2.05, 4.69) is 0 Å². The molecule has 0 aromatic heterocycles. The number of amides is 1. The molecule has 1 aromatic carbocycles. The first-order valence-electron chi connectivity index (χ1n) is 6.74. The Balaban J connectivity index is 2.15. The Morgan fingerprint density at radius 2 is 1.95 bits per heavy atom. The van der Waals surface area contributed by atoms with Crippen LogP contribution in [0.15, 0.2) is 18.2 Å². The predicted octanol–water partition coefficient (Wildman–Crippen LogP) is 3.42. The highest BCUT2D eigenvalue weighted by Gasteiger charge is 2.47. The van der Waals surface area contributed by atoms with E-state index in [1.807, 2.05) is 0 Å². The van der Waals surface area contributed by atoms with Gasteiger partial charge in [0.05, 0.1) is 16.5 Å². The molecule has 1 amide bonds. The summed E-state index contributed by atoms with van der Waals surface area (Å²) in [6, 6.07) is 2.35. The number of hydrogen-bond donors (Lipinski definition) is 1. The second kappa shape index (κ2) is 6.64. The van der Waals surface area contributed by atoms with Gasteiger partial charge in [-0.15, -0.1) is 0 Å². The Kier molecular flexibility index (Phi) is 5.25. The van der Waals surface area contributed by atoms with E-state index in [0.717, 1.165) is 4.90 Å². The lowest BCUT2D eigenvalue weighted by Crippen LogP contribution is -2.57. The van der Waals surface area contributed by atoms with Crippen LogP contribution in [0.3, 0.4) is 0 Å². The summed E-state index contributed by atoms with van der Waals surface area (Å²) in [7, 11) is 0. The largest absolute Gasteiger partial charge is 0.408 e. The molecule has 0 bridgehead atoms. The molecule has 122 valence electrons. The van der Waals surface area contributed by atoms with Crippen LogP contribution in [-0.2, 0) is 11.2 Å². The van der Waals surface area contributed by atoms with Gasteiger partial charge in [-0.25, -0.2) is 0 Å². The summed E-state index contributed by atoms with van der Waals surface area (Å²) in [5, 5.41) is 0.584. The predicted molar refractivity (Wildman–Crippen MR) is 78.9 cm³/mol. The molecule has 1 aromatic rings. The SMILES string of the molecule is NC1CCC(C(F)(F)F)N(C(=O)Cc2ccc(Cl)c(Cl)c2)C1. The van der Waals surface area contributed by atoms with Crippen molar-refractivity contribution >= 4 is 29.1 Å². The minimum Gasteiger partial charge on any atom is -0.329 e. The van der Waals surface area contributed by atoms with Gasteiger partial charge in [-0.05, 0) is 30.5 Å². The lowest BCUT2D eigenvalue weighted by atomic mass is 9.97. The minimum absolute atomic E-state index is 0.0929. The highest BCUT2D eigenvalue weighted by atomic mass is 35.5. The Labute approximate surface area is 136 Å². The molecule has 2 unspecified atom stereocenters. The number of hydrogen-bond acceptors (Lipinski definition) is 2. The number of halogens is 5. The Hall–Kier alpha value is -0.980. The average molecular weight is 355 g/mol. The summed E-state index contributed by atoms with van der Waals surface area (Å²) in [4.78, 5) is 13.1. The molecule has 1 aliphatic heterocycles. The summed E-state index contributed by atoms with van der Waals surface area (Å²) in [5.41, 5.74) is 6.22. The maximum atomic E-state index is 13.1. The monoisotopic (exact) mass is 354 g/mol. The van der Waals surface area contributed by atoms with Crippen LogP contribution in [0.4, 0.5) is 13.2 Å². The maximum Gasteiger partial charge on any atom is 0.408 e. The molecule has 2 rings (SSSR count). The van der Waals surface area contributed by atoms with Crippen molar-refractivity contribution in [2.24, 2.45) is 5.73 Å². The standard InChI is InChI=1S/C14H15Cl2F3N2O/c15-10-3-1-8(5-11(10)16)6-13(22)21-7-9(20)2-4-12(21)14(17,18)19/h1,3,5,9,12H,2,4,6-7,20H2. The van der Waals surface area contributed by atoms with Crippen molar-refractivity contribution < 1.29 is 18.0 Å². The van der Waals surface area contributed by atoms with Gasteiger partial charge in [-0.1, -0.05) is 29.3 Å². The quantitative estimate of drug-likeness (QED) is 0.884. The first kappa shape index (κ1) is 17.4. The summed E-state index contributed by atoms with van der Waals surface area (Å²) in [6.07, 6.45) is -4.54. The zero-order valence-corrected chi connectivity index (χ0v) is 13.0. The molecule has 2 N–H and O–H groups in total. The average Bonchev–Trinajstić information content (AvgIpc) is 2.41. The Morgan fingerprint density at radius 3 is 2.55 bits per heavy atom. The zero-order chi connectivity index (χ0) is 16.5. The number of carbonyl (C=O) groups is 1. The molecule has 1 heterocycles. The van der Waals surface area contributed by atoms with E-state index in [9.17, 15) is 18.0 Å². The van der Waals surface area contributed by atoms with Gasteiger partial charge in [0.2, 0.25) is 5.91 Å². The van der Waals surface area contributed by atoms with E-state index < -0.39 is 24.2 Å². The molecule has 22 heavy (non-hydrogen) atoms. The van der Waals surface area contributed by atoms with Crippen molar-refractivity contribution in [3.05, 3.63) is 33.8 Å². The molecule has 3 nitrogen and oxygen atoms in total. The molecule has 0 radical (unpaired) electrons. The Bertz CT molecular complexity index is 566. The van der Waals surface area contributed by atoms with Crippen LogP contribution in [-0.4, -0.2) is 35.6 Å². The first-order chi connectivity index (χ1) is 10.2. The van der Waals surface area contributed by atoms with Gasteiger partial charge in [0, 0.05) is 12.6 Å². The van der Waals surface area contributed by atoms with Gasteiger partial charge in [0.15, 0.2) is 0 Å². The van der Waals surface area contributed by atoms with Crippen LogP contribution in [0.1, 0.15) is 18.4 Å². The summed E-state index contributed by atoms with van der Waals surface area (Å²) in [6.45, 7) is -0.0929. The summed E-state index contributed by atoms with van der Waals surface area (Å²) < 4.78 is 39.2. The number of benzene rings is 1. The molecule has 1 saturated heterocycles. The van der Waals surface area contributed by atoms with E-state index in [4.69, 9.17) is 28.9 Å². The number of rotatable bonds is 2. The smallest absolute Gasteiger partial charge is 0.329 e. The normalized spacial score (nSPS) is 22.7. The highest BCUT2D eigenvalue weighted by molar-refractivity contribution is 6.42. The topological polar surface area (TPSA) is 46.3 Å². The molecular formula is C14H15Cl2F3N2O. The lowest BCUT2D eigenvalue weighted by molar-refractivity contribution is -0.196. The second-order valence-corrected chi connectivity index (χ2v) is 6.18. The lowest BCUT2D eigenvalue weighted by Gasteiger charge is -2.39. The third kappa shape index (κ3) is 4.06. The van der Waals surface area contributed by atoms with Crippen molar-refractivity contribution in [3.8, 4) is 0 Å². The number of nitrogens with two attached hydrogens (primary N) is 1. The van der Waals surface area contributed by atoms with Crippen LogP contribution >= 0.6 is 23.2 Å². The van der Waals surface area contributed by atoms with E-state index in [1.165, 1.54) is 12.1 Å². The molecule has 0 saturated carbocycles. The second-order valence-electron chi connectivity index (χ2n) is 5.37. The van der Waals surface area contributed by atoms with Gasteiger partial charge in [-0.3, -0.25) is 4.79 Å². The molecule has 2 atom stereocenters. The molecule has 1 fully saturated rings.